The van der Waals surface area contributed by atoms with Crippen LogP contribution >= 0.6 is 0 Å². The molecule has 0 N–H and O–H groups in total. The van der Waals surface area contributed by atoms with Crippen LogP contribution in [0.4, 0.5) is 0 Å². The molecule has 0 aliphatic heterocycles. The quantitative estimate of drug-likeness (QED) is 0.176. The molecule has 0 saturated heterocycles. The summed E-state index contributed by atoms with van der Waals surface area (Å²) < 4.78 is 15.8. The van der Waals surface area contributed by atoms with Crippen LogP contribution in [-0.2, 0) is 0 Å². The van der Waals surface area contributed by atoms with E-state index in [1.165, 1.54) is 10.8 Å². The van der Waals surface area contributed by atoms with E-state index in [1.54, 1.807) is 0 Å². The van der Waals surface area contributed by atoms with Gasteiger partial charge in [0, 0.05) is 60.3 Å². The summed E-state index contributed by atoms with van der Waals surface area (Å²) >= 11 is 0. The summed E-state index contributed by atoms with van der Waals surface area (Å²) in [5, 5.41) is 6.56. The largest absolute Gasteiger partial charge is 0.456 e. The van der Waals surface area contributed by atoms with Crippen LogP contribution in [0.3, 0.4) is 0 Å². The predicted octanol–water partition coefficient (Wildman–Crippen LogP) is 13.4. The molecule has 0 radical (unpaired) electrons. The topological polar surface area (TPSA) is 69.9 Å². The molecule has 6 heteroatoms. The van der Waals surface area contributed by atoms with Crippen LogP contribution in [0.15, 0.2) is 191 Å². The van der Waals surface area contributed by atoms with Gasteiger partial charge in [-0.25, -0.2) is 15.0 Å². The number of benzene rings is 8. The smallest absolute Gasteiger partial charge is 0.164 e. The highest BCUT2D eigenvalue weighted by Gasteiger charge is 2.22. The molecule has 4 aromatic heterocycles. The third kappa shape index (κ3) is 4.94. The van der Waals surface area contributed by atoms with Crippen molar-refractivity contribution in [2.45, 2.75) is 0 Å². The van der Waals surface area contributed by atoms with Gasteiger partial charge in [0.2, 0.25) is 0 Å². The Kier molecular flexibility index (Phi) is 6.83. The minimum absolute atomic E-state index is 0.575. The maximum absolute atomic E-state index is 7.00. The van der Waals surface area contributed by atoms with Gasteiger partial charge in [0.1, 0.15) is 22.3 Å². The van der Waals surface area contributed by atoms with Gasteiger partial charge >= 0.3 is 0 Å². The summed E-state index contributed by atoms with van der Waals surface area (Å²) in [5.41, 5.74) is 11.3. The van der Waals surface area contributed by atoms with Crippen LogP contribution in [0.5, 0.6) is 0 Å². The van der Waals surface area contributed by atoms with Gasteiger partial charge in [0.15, 0.2) is 17.5 Å². The van der Waals surface area contributed by atoms with Crippen molar-refractivity contribution in [3.05, 3.63) is 182 Å². The summed E-state index contributed by atoms with van der Waals surface area (Å²) in [6, 6.07) is 62.7. The SMILES string of the molecule is c1ccc(-c2nc(-c3ccccc3)nc(-c3ccc4c(c3)oc3c(-c5cccc6oc7ccccc7c56)cc(-n5c6ccccc6c6ccccc65)cc34)n2)cc1. The van der Waals surface area contributed by atoms with Crippen molar-refractivity contribution < 1.29 is 8.83 Å². The highest BCUT2D eigenvalue weighted by Crippen LogP contribution is 2.44. The fraction of sp³-hybridized carbons (Fsp3) is 0. The Morgan fingerprint density at radius 2 is 0.930 bits per heavy atom. The molecule has 0 aliphatic rings. The minimum atomic E-state index is 0.575. The normalized spacial score (nSPS) is 11.9. The second kappa shape index (κ2) is 12.3. The van der Waals surface area contributed by atoms with E-state index in [0.29, 0.717) is 17.5 Å². The molecule has 0 aliphatic carbocycles. The van der Waals surface area contributed by atoms with Crippen LogP contribution in [0, 0.1) is 0 Å². The van der Waals surface area contributed by atoms with Crippen molar-refractivity contribution in [1.82, 2.24) is 19.5 Å². The first-order chi connectivity index (χ1) is 28.2. The van der Waals surface area contributed by atoms with Gasteiger partial charge in [-0.15, -0.1) is 0 Å². The number of hydrogen-bond donors (Lipinski definition) is 0. The van der Waals surface area contributed by atoms with E-state index in [1.807, 2.05) is 78.9 Å². The summed E-state index contributed by atoms with van der Waals surface area (Å²) in [4.78, 5) is 14.9. The molecule has 6 nitrogen and oxygen atoms in total. The van der Waals surface area contributed by atoms with Crippen molar-refractivity contribution >= 4 is 65.7 Å². The second-order valence-electron chi connectivity index (χ2n) is 14.4. The number of hydrogen-bond acceptors (Lipinski definition) is 5. The molecule has 0 bridgehead atoms. The molecule has 12 aromatic rings. The van der Waals surface area contributed by atoms with E-state index in [2.05, 4.69) is 108 Å². The fourth-order valence-electron chi connectivity index (χ4n) is 8.47. The maximum Gasteiger partial charge on any atom is 0.164 e. The van der Waals surface area contributed by atoms with Crippen molar-refractivity contribution in [3.8, 4) is 51.0 Å². The lowest BCUT2D eigenvalue weighted by Gasteiger charge is -2.12. The van der Waals surface area contributed by atoms with E-state index in [4.69, 9.17) is 23.8 Å². The fourth-order valence-corrected chi connectivity index (χ4v) is 8.47. The number of para-hydroxylation sites is 3. The van der Waals surface area contributed by atoms with Crippen LogP contribution in [0.1, 0.15) is 0 Å². The van der Waals surface area contributed by atoms with Gasteiger partial charge < -0.3 is 13.4 Å². The first-order valence-corrected chi connectivity index (χ1v) is 19.0. The van der Waals surface area contributed by atoms with Crippen LogP contribution in [0.2, 0.25) is 0 Å². The van der Waals surface area contributed by atoms with E-state index in [-0.39, 0.29) is 0 Å². The van der Waals surface area contributed by atoms with Crippen molar-refractivity contribution in [2.24, 2.45) is 0 Å². The predicted molar refractivity (Wildman–Crippen MR) is 230 cm³/mol. The van der Waals surface area contributed by atoms with Gasteiger partial charge in [-0.2, -0.15) is 0 Å². The highest BCUT2D eigenvalue weighted by atomic mass is 16.3. The number of rotatable bonds is 5. The molecule has 12 rings (SSSR count). The van der Waals surface area contributed by atoms with Crippen LogP contribution < -0.4 is 0 Å². The molecule has 0 amide bonds. The van der Waals surface area contributed by atoms with Crippen LogP contribution in [0.25, 0.3) is 117 Å². The first kappa shape index (κ1) is 31.5. The number of furan rings is 2. The molecular weight excluding hydrogens is 701 g/mol. The molecule has 266 valence electrons. The molecule has 8 aromatic carbocycles. The third-order valence-electron chi connectivity index (χ3n) is 11.0. The minimum Gasteiger partial charge on any atom is -0.456 e. The van der Waals surface area contributed by atoms with Crippen molar-refractivity contribution in [2.75, 3.05) is 0 Å². The average Bonchev–Trinajstić information content (AvgIpc) is 3.96. The molecule has 0 fully saturated rings. The van der Waals surface area contributed by atoms with E-state index < -0.39 is 0 Å². The van der Waals surface area contributed by atoms with Crippen molar-refractivity contribution in [1.29, 1.82) is 0 Å². The average molecular weight is 731 g/mol. The Morgan fingerprint density at radius 1 is 0.351 bits per heavy atom. The Labute approximate surface area is 325 Å². The van der Waals surface area contributed by atoms with Crippen molar-refractivity contribution in [3.63, 3.8) is 0 Å². The first-order valence-electron chi connectivity index (χ1n) is 19.0. The van der Waals surface area contributed by atoms with Gasteiger partial charge in [-0.1, -0.05) is 133 Å². The zero-order valence-electron chi connectivity index (χ0n) is 30.4. The lowest BCUT2D eigenvalue weighted by Crippen LogP contribution is -2.00. The summed E-state index contributed by atoms with van der Waals surface area (Å²) in [7, 11) is 0. The molecule has 0 saturated carbocycles. The second-order valence-corrected chi connectivity index (χ2v) is 14.4. The molecule has 4 heterocycles. The molecular formula is C51H30N4O2. The Morgan fingerprint density at radius 3 is 1.61 bits per heavy atom. The monoisotopic (exact) mass is 730 g/mol. The van der Waals surface area contributed by atoms with Gasteiger partial charge in [-0.3, -0.25) is 0 Å². The summed E-state index contributed by atoms with van der Waals surface area (Å²) in [5.74, 6) is 1.80. The zero-order valence-corrected chi connectivity index (χ0v) is 30.4. The van der Waals surface area contributed by atoms with Gasteiger partial charge in [0.05, 0.1) is 11.0 Å². The summed E-state index contributed by atoms with van der Waals surface area (Å²) in [6.07, 6.45) is 0. The van der Waals surface area contributed by atoms with E-state index in [9.17, 15) is 0 Å². The molecule has 0 spiro atoms. The van der Waals surface area contributed by atoms with E-state index in [0.717, 1.165) is 88.4 Å². The van der Waals surface area contributed by atoms with Crippen LogP contribution in [-0.4, -0.2) is 19.5 Å². The lowest BCUT2D eigenvalue weighted by atomic mass is 9.96. The number of nitrogens with zero attached hydrogens (tertiary/aromatic N) is 4. The lowest BCUT2D eigenvalue weighted by molar-refractivity contribution is 0.668. The Balaban J connectivity index is 1.13. The highest BCUT2D eigenvalue weighted by molar-refractivity contribution is 6.18. The maximum atomic E-state index is 7.00. The zero-order chi connectivity index (χ0) is 37.5. The van der Waals surface area contributed by atoms with E-state index >= 15 is 0 Å². The summed E-state index contributed by atoms with van der Waals surface area (Å²) in [6.45, 7) is 0. The standard InChI is InChI=1S/C51H30N4O2/c1-3-14-31(15-4-1)49-52-50(32-16-5-2-6-17-32)54-51(53-49)33-26-27-37-40-29-34(55-42-22-10-7-18-35(42)36-19-8-11-23-43(36)55)30-41(48(40)57-46(37)28-33)38-21-13-25-45-47(38)39-20-9-12-24-44(39)56-45/h1-30H. The Bertz CT molecular complexity index is 3410. The third-order valence-corrected chi connectivity index (χ3v) is 11.0. The van der Waals surface area contributed by atoms with Gasteiger partial charge in [-0.05, 0) is 54.1 Å². The number of aromatic nitrogens is 4. The molecule has 0 unspecified atom stereocenters. The Hall–Kier alpha value is -7.83. The number of fused-ring (bicyclic) bond motifs is 9. The molecule has 57 heavy (non-hydrogen) atoms. The molecule has 0 atom stereocenters. The van der Waals surface area contributed by atoms with Gasteiger partial charge in [0.25, 0.3) is 0 Å².